The Labute approximate surface area is 58.5 Å². The van der Waals surface area contributed by atoms with Crippen molar-refractivity contribution in [2.45, 2.75) is 26.2 Å². The highest BCUT2D eigenvalue weighted by molar-refractivity contribution is 6.97. The highest BCUT2D eigenvalue weighted by atomic mass is 35.6. The van der Waals surface area contributed by atoms with Crippen molar-refractivity contribution in [3.05, 3.63) is 11.8 Å². The third-order valence-corrected chi connectivity index (χ3v) is 2.94. The molecule has 0 saturated heterocycles. The predicted octanol–water partition coefficient (Wildman–Crippen LogP) is 2.01. The Balaban J connectivity index is 2.99. The molecule has 0 unspecified atom stereocenters. The van der Waals surface area contributed by atoms with Gasteiger partial charge in [-0.1, -0.05) is 25.0 Å². The molecule has 0 rings (SSSR count). The zero-order chi connectivity index (χ0) is 6.41. The van der Waals surface area contributed by atoms with E-state index in [0.29, 0.717) is 0 Å². The Morgan fingerprint density at radius 2 is 2.38 bits per heavy atom. The van der Waals surface area contributed by atoms with Crippen LogP contribution in [0.1, 0.15) is 26.2 Å². The second-order valence-corrected chi connectivity index (χ2v) is 4.06. The summed E-state index contributed by atoms with van der Waals surface area (Å²) in [6.07, 6.45) is 3.68. The first kappa shape index (κ1) is 8.25. The fourth-order valence-corrected chi connectivity index (χ4v) is 1.28. The van der Waals surface area contributed by atoms with E-state index < -0.39 is 8.83 Å². The van der Waals surface area contributed by atoms with Gasteiger partial charge >= 0.3 is 0 Å². The molecule has 0 heterocycles. The Morgan fingerprint density at radius 3 is 2.75 bits per heavy atom. The quantitative estimate of drug-likeness (QED) is 0.423. The average Bonchev–Trinajstić information content (AvgIpc) is 1.83. The van der Waals surface area contributed by atoms with Gasteiger partial charge in [0, 0.05) is 0 Å². The van der Waals surface area contributed by atoms with Crippen LogP contribution >= 0.6 is 11.1 Å². The van der Waals surface area contributed by atoms with Crippen molar-refractivity contribution in [2.75, 3.05) is 0 Å². The third kappa shape index (κ3) is 4.41. The Kier molecular flexibility index (Phi) is 5.55. The summed E-state index contributed by atoms with van der Waals surface area (Å²) >= 11 is 5.63. The molecule has 0 aromatic rings. The van der Waals surface area contributed by atoms with Crippen LogP contribution in [0.25, 0.3) is 0 Å². The second-order valence-electron chi connectivity index (χ2n) is 1.99. The largest absolute Gasteiger partial charge is 0.170 e. The molecule has 0 N–H and O–H groups in total. The standard InChI is InChI=1S/C6H13ClSi/c1-3-4-5-6(2)8-7/h2-5,8H2,1H3. The number of hydrogen-bond donors (Lipinski definition) is 0. The molecule has 48 valence electrons. The number of halogens is 1. The average molecular weight is 149 g/mol. The number of allylic oxidation sites excluding steroid dienone is 1. The summed E-state index contributed by atoms with van der Waals surface area (Å²) in [6.45, 7) is 6.02. The molecule has 0 aromatic heterocycles. The van der Waals surface area contributed by atoms with Gasteiger partial charge < -0.3 is 0 Å². The van der Waals surface area contributed by atoms with Crippen molar-refractivity contribution < 1.29 is 0 Å². The molecule has 8 heavy (non-hydrogen) atoms. The molecule has 0 aliphatic heterocycles. The normalized spacial score (nSPS) is 10.8. The SMILES string of the molecule is C=C(CCCC)[SiH2]Cl. The van der Waals surface area contributed by atoms with Gasteiger partial charge in [0.1, 0.15) is 0 Å². The highest BCUT2D eigenvalue weighted by Gasteiger charge is 1.89. The fourth-order valence-electron chi connectivity index (χ4n) is 0.494. The van der Waals surface area contributed by atoms with Crippen LogP contribution in [0.5, 0.6) is 0 Å². The van der Waals surface area contributed by atoms with E-state index in [1.165, 1.54) is 18.0 Å². The van der Waals surface area contributed by atoms with E-state index in [4.69, 9.17) is 11.1 Å². The summed E-state index contributed by atoms with van der Waals surface area (Å²) in [5, 5.41) is 1.30. The van der Waals surface area contributed by atoms with Gasteiger partial charge in [0.15, 0.2) is 8.83 Å². The molecular formula is C6H13ClSi. The maximum atomic E-state index is 5.63. The topological polar surface area (TPSA) is 0 Å². The molecule has 0 spiro atoms. The molecule has 0 atom stereocenters. The molecule has 0 fully saturated rings. The zero-order valence-corrected chi connectivity index (χ0v) is 7.58. The van der Waals surface area contributed by atoms with Crippen molar-refractivity contribution in [1.82, 2.24) is 0 Å². The smallest absolute Gasteiger partial charge is 0.151 e. The third-order valence-electron chi connectivity index (χ3n) is 1.07. The summed E-state index contributed by atoms with van der Waals surface area (Å²) in [5.74, 6) is 0. The lowest BCUT2D eigenvalue weighted by Gasteiger charge is -1.95. The molecule has 0 amide bonds. The molecule has 0 aliphatic rings. The first-order chi connectivity index (χ1) is 3.81. The number of hydrogen-bond acceptors (Lipinski definition) is 0. The molecule has 2 heteroatoms. The van der Waals surface area contributed by atoms with E-state index in [0.717, 1.165) is 6.42 Å². The molecule has 0 nitrogen and oxygen atoms in total. The van der Waals surface area contributed by atoms with Gasteiger partial charge in [-0.25, -0.2) is 0 Å². The monoisotopic (exact) mass is 148 g/mol. The van der Waals surface area contributed by atoms with Crippen LogP contribution in [0.4, 0.5) is 0 Å². The first-order valence-electron chi connectivity index (χ1n) is 3.04. The van der Waals surface area contributed by atoms with Crippen LogP contribution in [-0.4, -0.2) is 8.83 Å². The highest BCUT2D eigenvalue weighted by Crippen LogP contribution is 2.03. The summed E-state index contributed by atoms with van der Waals surface area (Å²) in [4.78, 5) is 0. The van der Waals surface area contributed by atoms with Gasteiger partial charge in [0.25, 0.3) is 0 Å². The van der Waals surface area contributed by atoms with E-state index in [9.17, 15) is 0 Å². The van der Waals surface area contributed by atoms with Gasteiger partial charge in [-0.2, -0.15) is 11.1 Å². The van der Waals surface area contributed by atoms with E-state index in [2.05, 4.69) is 13.5 Å². The molecule has 0 radical (unpaired) electrons. The van der Waals surface area contributed by atoms with Crippen LogP contribution < -0.4 is 0 Å². The van der Waals surface area contributed by atoms with Crippen molar-refractivity contribution in [2.24, 2.45) is 0 Å². The van der Waals surface area contributed by atoms with Crippen molar-refractivity contribution >= 4 is 19.9 Å². The van der Waals surface area contributed by atoms with Crippen LogP contribution in [0.2, 0.25) is 0 Å². The van der Waals surface area contributed by atoms with E-state index in [1.807, 2.05) is 0 Å². The van der Waals surface area contributed by atoms with Crippen LogP contribution in [0, 0.1) is 0 Å². The fraction of sp³-hybridized carbons (Fsp3) is 0.667. The van der Waals surface area contributed by atoms with Gasteiger partial charge in [0.2, 0.25) is 0 Å². The minimum absolute atomic E-state index is 0.404. The maximum absolute atomic E-state index is 5.63. The van der Waals surface area contributed by atoms with Crippen molar-refractivity contribution in [1.29, 1.82) is 0 Å². The minimum Gasteiger partial charge on any atom is -0.170 e. The summed E-state index contributed by atoms with van der Waals surface area (Å²) in [5.41, 5.74) is 0. The number of unbranched alkanes of at least 4 members (excludes halogenated alkanes) is 1. The lowest BCUT2D eigenvalue weighted by molar-refractivity contribution is 0.808. The van der Waals surface area contributed by atoms with Gasteiger partial charge in [-0.05, 0) is 6.42 Å². The Hall–Kier alpha value is 0.247. The van der Waals surface area contributed by atoms with Crippen LogP contribution in [0.15, 0.2) is 11.8 Å². The van der Waals surface area contributed by atoms with Gasteiger partial charge in [0.05, 0.1) is 0 Å². The van der Waals surface area contributed by atoms with E-state index in [-0.39, 0.29) is 0 Å². The molecule has 0 aliphatic carbocycles. The number of rotatable bonds is 4. The van der Waals surface area contributed by atoms with E-state index >= 15 is 0 Å². The molecule has 0 aromatic carbocycles. The van der Waals surface area contributed by atoms with Crippen LogP contribution in [-0.2, 0) is 0 Å². The van der Waals surface area contributed by atoms with E-state index in [1.54, 1.807) is 0 Å². The van der Waals surface area contributed by atoms with Crippen LogP contribution in [0.3, 0.4) is 0 Å². The molecule has 0 saturated carbocycles. The second kappa shape index (κ2) is 5.38. The summed E-state index contributed by atoms with van der Waals surface area (Å²) in [6, 6.07) is 0. The minimum atomic E-state index is -0.404. The summed E-state index contributed by atoms with van der Waals surface area (Å²) < 4.78 is 0. The Bertz CT molecular complexity index is 70.9. The molecular weight excluding hydrogens is 136 g/mol. The molecule has 0 bridgehead atoms. The summed E-state index contributed by atoms with van der Waals surface area (Å²) in [7, 11) is -0.404. The first-order valence-corrected chi connectivity index (χ1v) is 5.88. The lowest BCUT2D eigenvalue weighted by Crippen LogP contribution is -1.84. The zero-order valence-electron chi connectivity index (χ0n) is 5.41. The lowest BCUT2D eigenvalue weighted by atomic mass is 10.2. The van der Waals surface area contributed by atoms with Gasteiger partial charge in [-0.15, -0.1) is 6.58 Å². The maximum Gasteiger partial charge on any atom is 0.151 e. The van der Waals surface area contributed by atoms with Gasteiger partial charge in [-0.3, -0.25) is 0 Å². The Morgan fingerprint density at radius 1 is 1.75 bits per heavy atom. The predicted molar refractivity (Wildman–Crippen MR) is 43.1 cm³/mol. The van der Waals surface area contributed by atoms with Crippen molar-refractivity contribution in [3.63, 3.8) is 0 Å². The van der Waals surface area contributed by atoms with Crippen molar-refractivity contribution in [3.8, 4) is 0 Å².